The standard InChI is InChI=1S/C23H34N6O2.HI/c1-2-24-23(29-10-8-27(9-11-29)19-22-7-14-31-26-22)25-17-20-3-5-21(6-4-20)18-28-12-15-30-16-13-28;/h3-7,14H,2,8-13,15-19H2,1H3,(H,24,25);1H. The maximum Gasteiger partial charge on any atom is 0.194 e. The Labute approximate surface area is 208 Å². The number of morpholine rings is 1. The number of halogens is 1. The van der Waals surface area contributed by atoms with Gasteiger partial charge >= 0.3 is 0 Å². The van der Waals surface area contributed by atoms with Crippen LogP contribution in [0.5, 0.6) is 0 Å². The molecule has 0 radical (unpaired) electrons. The highest BCUT2D eigenvalue weighted by Gasteiger charge is 2.20. The highest BCUT2D eigenvalue weighted by molar-refractivity contribution is 14.0. The minimum atomic E-state index is 0. The summed E-state index contributed by atoms with van der Waals surface area (Å²) in [4.78, 5) is 12.1. The number of guanidine groups is 1. The third-order valence-electron chi connectivity index (χ3n) is 5.83. The lowest BCUT2D eigenvalue weighted by Crippen LogP contribution is -2.52. The molecule has 176 valence electrons. The summed E-state index contributed by atoms with van der Waals surface area (Å²) in [5, 5.41) is 7.48. The summed E-state index contributed by atoms with van der Waals surface area (Å²) < 4.78 is 10.4. The number of nitrogens with zero attached hydrogens (tertiary/aromatic N) is 5. The van der Waals surface area contributed by atoms with E-state index in [4.69, 9.17) is 14.3 Å². The molecule has 32 heavy (non-hydrogen) atoms. The molecule has 0 atom stereocenters. The zero-order valence-electron chi connectivity index (χ0n) is 18.9. The summed E-state index contributed by atoms with van der Waals surface area (Å²) in [6, 6.07) is 10.8. The van der Waals surface area contributed by atoms with Gasteiger partial charge in [-0.1, -0.05) is 29.4 Å². The minimum Gasteiger partial charge on any atom is -0.379 e. The van der Waals surface area contributed by atoms with Crippen molar-refractivity contribution in [3.8, 4) is 0 Å². The first-order valence-electron chi connectivity index (χ1n) is 11.3. The van der Waals surface area contributed by atoms with Gasteiger partial charge in [-0.15, -0.1) is 24.0 Å². The molecule has 1 aromatic heterocycles. The van der Waals surface area contributed by atoms with Crippen molar-refractivity contribution in [3.05, 3.63) is 53.4 Å². The Bertz CT molecular complexity index is 800. The number of piperazine rings is 1. The van der Waals surface area contributed by atoms with Crippen molar-refractivity contribution < 1.29 is 9.26 Å². The highest BCUT2D eigenvalue weighted by Crippen LogP contribution is 2.11. The smallest absolute Gasteiger partial charge is 0.194 e. The van der Waals surface area contributed by atoms with Gasteiger partial charge in [-0.25, -0.2) is 4.99 Å². The van der Waals surface area contributed by atoms with Crippen LogP contribution in [0.25, 0.3) is 0 Å². The lowest BCUT2D eigenvalue weighted by atomic mass is 10.1. The lowest BCUT2D eigenvalue weighted by molar-refractivity contribution is 0.0342. The maximum atomic E-state index is 5.43. The Morgan fingerprint density at radius 2 is 1.62 bits per heavy atom. The molecule has 0 saturated carbocycles. The predicted octanol–water partition coefficient (Wildman–Crippen LogP) is 2.41. The number of aliphatic imine (C=N–C) groups is 1. The molecule has 0 aliphatic carbocycles. The average molecular weight is 554 g/mol. The second-order valence-corrected chi connectivity index (χ2v) is 8.13. The van der Waals surface area contributed by atoms with Crippen molar-refractivity contribution in [1.29, 1.82) is 0 Å². The number of aromatic nitrogens is 1. The molecule has 9 heteroatoms. The van der Waals surface area contributed by atoms with Gasteiger partial charge in [0.25, 0.3) is 0 Å². The van der Waals surface area contributed by atoms with Crippen LogP contribution in [0.2, 0.25) is 0 Å². The second-order valence-electron chi connectivity index (χ2n) is 8.13. The zero-order valence-corrected chi connectivity index (χ0v) is 21.2. The normalized spacial score (nSPS) is 18.4. The molecule has 2 fully saturated rings. The number of benzene rings is 1. The van der Waals surface area contributed by atoms with Gasteiger partial charge in [0.15, 0.2) is 5.96 Å². The summed E-state index contributed by atoms with van der Waals surface area (Å²) in [5.41, 5.74) is 3.58. The van der Waals surface area contributed by atoms with Crippen LogP contribution in [0.4, 0.5) is 0 Å². The molecule has 2 aromatic rings. The van der Waals surface area contributed by atoms with E-state index in [1.165, 1.54) is 11.1 Å². The first-order valence-corrected chi connectivity index (χ1v) is 11.3. The van der Waals surface area contributed by atoms with Crippen LogP contribution >= 0.6 is 24.0 Å². The third kappa shape index (κ3) is 7.43. The topological polar surface area (TPSA) is 69.4 Å². The van der Waals surface area contributed by atoms with Gasteiger partial charge < -0.3 is 19.5 Å². The van der Waals surface area contributed by atoms with Gasteiger partial charge in [-0.05, 0) is 18.1 Å². The number of hydrogen-bond donors (Lipinski definition) is 1. The summed E-state index contributed by atoms with van der Waals surface area (Å²) in [6.45, 7) is 13.2. The highest BCUT2D eigenvalue weighted by atomic mass is 127. The van der Waals surface area contributed by atoms with Gasteiger partial charge in [0, 0.05) is 65.0 Å². The lowest BCUT2D eigenvalue weighted by Gasteiger charge is -2.36. The van der Waals surface area contributed by atoms with Gasteiger partial charge in [0.2, 0.25) is 0 Å². The van der Waals surface area contributed by atoms with Gasteiger partial charge in [0.1, 0.15) is 6.26 Å². The molecule has 0 amide bonds. The fraction of sp³-hybridized carbons (Fsp3) is 0.565. The average Bonchev–Trinajstić information content (AvgIpc) is 3.32. The van der Waals surface area contributed by atoms with Crippen molar-refractivity contribution in [3.63, 3.8) is 0 Å². The van der Waals surface area contributed by atoms with E-state index in [2.05, 4.69) is 56.4 Å². The molecule has 2 saturated heterocycles. The maximum absolute atomic E-state index is 5.43. The quantitative estimate of drug-likeness (QED) is 0.321. The van der Waals surface area contributed by atoms with E-state index < -0.39 is 0 Å². The number of hydrogen-bond acceptors (Lipinski definition) is 6. The Kier molecular flexibility index (Phi) is 10.2. The summed E-state index contributed by atoms with van der Waals surface area (Å²) in [7, 11) is 0. The fourth-order valence-electron chi connectivity index (χ4n) is 4.03. The Morgan fingerprint density at radius 3 is 2.28 bits per heavy atom. The zero-order chi connectivity index (χ0) is 21.3. The van der Waals surface area contributed by atoms with E-state index in [0.29, 0.717) is 6.54 Å². The van der Waals surface area contributed by atoms with E-state index in [1.807, 2.05) is 6.07 Å². The van der Waals surface area contributed by atoms with Crippen LogP contribution in [-0.4, -0.2) is 84.8 Å². The minimum absolute atomic E-state index is 0. The monoisotopic (exact) mass is 554 g/mol. The van der Waals surface area contributed by atoms with E-state index in [-0.39, 0.29) is 24.0 Å². The van der Waals surface area contributed by atoms with Gasteiger partial charge in [-0.3, -0.25) is 9.80 Å². The molecule has 0 spiro atoms. The van der Waals surface area contributed by atoms with Crippen molar-refractivity contribution in [2.45, 2.75) is 26.6 Å². The van der Waals surface area contributed by atoms with E-state index >= 15 is 0 Å². The number of rotatable bonds is 7. The largest absolute Gasteiger partial charge is 0.379 e. The second kappa shape index (κ2) is 13.1. The van der Waals surface area contributed by atoms with Crippen LogP contribution in [-0.2, 0) is 24.4 Å². The van der Waals surface area contributed by atoms with Crippen LogP contribution in [0.3, 0.4) is 0 Å². The molecule has 1 N–H and O–H groups in total. The molecule has 3 heterocycles. The molecular formula is C23H35IN6O2. The van der Waals surface area contributed by atoms with Crippen molar-refractivity contribution >= 4 is 29.9 Å². The van der Waals surface area contributed by atoms with Crippen molar-refractivity contribution in [2.75, 3.05) is 59.0 Å². The Hall–Kier alpha value is -1.69. The van der Waals surface area contributed by atoms with E-state index in [0.717, 1.165) is 83.8 Å². The predicted molar refractivity (Wildman–Crippen MR) is 136 cm³/mol. The number of nitrogens with one attached hydrogen (secondary N) is 1. The van der Waals surface area contributed by atoms with Crippen LogP contribution in [0.1, 0.15) is 23.7 Å². The number of ether oxygens (including phenoxy) is 1. The van der Waals surface area contributed by atoms with E-state index in [1.54, 1.807) is 6.26 Å². The van der Waals surface area contributed by atoms with Crippen LogP contribution < -0.4 is 5.32 Å². The molecule has 4 rings (SSSR count). The Balaban J connectivity index is 0.00000289. The molecule has 0 unspecified atom stereocenters. The summed E-state index contributed by atoms with van der Waals surface area (Å²) in [6.07, 6.45) is 1.64. The third-order valence-corrected chi connectivity index (χ3v) is 5.83. The van der Waals surface area contributed by atoms with Crippen molar-refractivity contribution in [1.82, 2.24) is 25.2 Å². The summed E-state index contributed by atoms with van der Waals surface area (Å²) in [5.74, 6) is 1.00. The van der Waals surface area contributed by atoms with Crippen molar-refractivity contribution in [2.24, 2.45) is 4.99 Å². The molecule has 2 aliphatic rings. The molecule has 0 bridgehead atoms. The SMILES string of the molecule is CCNC(=NCc1ccc(CN2CCOCC2)cc1)N1CCN(Cc2ccon2)CC1.I. The molecule has 1 aromatic carbocycles. The molecule has 8 nitrogen and oxygen atoms in total. The van der Waals surface area contributed by atoms with Crippen LogP contribution in [0, 0.1) is 0 Å². The fourth-order valence-corrected chi connectivity index (χ4v) is 4.03. The van der Waals surface area contributed by atoms with Gasteiger partial charge in [0.05, 0.1) is 25.5 Å². The molecule has 2 aliphatic heterocycles. The first-order chi connectivity index (χ1) is 15.3. The molecular weight excluding hydrogens is 519 g/mol. The van der Waals surface area contributed by atoms with E-state index in [9.17, 15) is 0 Å². The Morgan fingerprint density at radius 1 is 0.938 bits per heavy atom. The van der Waals surface area contributed by atoms with Gasteiger partial charge in [-0.2, -0.15) is 0 Å². The first kappa shape index (κ1) is 24.9. The van der Waals surface area contributed by atoms with Crippen LogP contribution in [0.15, 0.2) is 46.1 Å². The summed E-state index contributed by atoms with van der Waals surface area (Å²) >= 11 is 0.